The summed E-state index contributed by atoms with van der Waals surface area (Å²) in [7, 11) is 0. The molecule has 2 aromatic carbocycles. The zero-order chi connectivity index (χ0) is 22.6. The van der Waals surface area contributed by atoms with Crippen LogP contribution in [0.2, 0.25) is 5.02 Å². The average Bonchev–Trinajstić information content (AvgIpc) is 3.16. The Balaban J connectivity index is 1.31. The molecule has 1 atom stereocenters. The number of benzene rings is 2. The van der Waals surface area contributed by atoms with Crippen LogP contribution in [0.1, 0.15) is 46.8 Å². The molecule has 0 amide bonds. The van der Waals surface area contributed by atoms with Gasteiger partial charge in [-0.3, -0.25) is 4.90 Å². The van der Waals surface area contributed by atoms with Crippen molar-refractivity contribution >= 4 is 17.2 Å². The summed E-state index contributed by atoms with van der Waals surface area (Å²) >= 11 is 6.06. The third kappa shape index (κ3) is 5.11. The highest BCUT2D eigenvalue weighted by atomic mass is 35.5. The molecule has 0 aliphatic carbocycles. The summed E-state index contributed by atoms with van der Waals surface area (Å²) in [6.07, 6.45) is 4.31. The molecule has 1 aliphatic heterocycles. The third-order valence-electron chi connectivity index (χ3n) is 6.56. The number of aromatic nitrogens is 3. The van der Waals surface area contributed by atoms with Crippen LogP contribution in [0.25, 0.3) is 5.65 Å². The van der Waals surface area contributed by atoms with Crippen LogP contribution in [0, 0.1) is 6.92 Å². The Morgan fingerprint density at radius 1 is 1.00 bits per heavy atom. The van der Waals surface area contributed by atoms with Gasteiger partial charge in [-0.15, -0.1) is 0 Å². The molecule has 3 heterocycles. The summed E-state index contributed by atoms with van der Waals surface area (Å²) in [6.45, 7) is 6.79. The standard InChI is InChI=1S/C27H30ClN5/c1-20-25(17-29-16-21-6-3-2-4-7-21)27-30-14-13-26(33(27)31-20)23-8-5-15-32(19-23)18-22-9-11-24(28)12-10-22/h2-4,6-7,9-14,23,29H,5,8,15-19H2,1H3. The van der Waals surface area contributed by atoms with Gasteiger partial charge in [0.15, 0.2) is 5.65 Å². The fourth-order valence-electron chi connectivity index (χ4n) is 4.85. The molecule has 5 nitrogen and oxygen atoms in total. The maximum Gasteiger partial charge on any atom is 0.159 e. The number of nitrogens with zero attached hydrogens (tertiary/aromatic N) is 4. The van der Waals surface area contributed by atoms with E-state index in [1.165, 1.54) is 35.2 Å². The van der Waals surface area contributed by atoms with Crippen LogP contribution < -0.4 is 5.32 Å². The van der Waals surface area contributed by atoms with Crippen molar-refractivity contribution in [2.45, 2.75) is 45.3 Å². The second kappa shape index (κ2) is 10.0. The Labute approximate surface area is 200 Å². The van der Waals surface area contributed by atoms with Gasteiger partial charge in [-0.25, -0.2) is 9.50 Å². The molecule has 2 aromatic heterocycles. The molecule has 0 spiro atoms. The van der Waals surface area contributed by atoms with Crippen molar-refractivity contribution in [3.63, 3.8) is 0 Å². The number of halogens is 1. The van der Waals surface area contributed by atoms with E-state index in [0.717, 1.165) is 49.1 Å². The van der Waals surface area contributed by atoms with E-state index in [2.05, 4.69) is 64.1 Å². The molecule has 33 heavy (non-hydrogen) atoms. The highest BCUT2D eigenvalue weighted by molar-refractivity contribution is 6.30. The number of piperidine rings is 1. The molecular weight excluding hydrogens is 430 g/mol. The van der Waals surface area contributed by atoms with Crippen LogP contribution in [0.4, 0.5) is 0 Å². The van der Waals surface area contributed by atoms with Crippen molar-refractivity contribution in [3.05, 3.63) is 100.0 Å². The van der Waals surface area contributed by atoms with E-state index in [1.54, 1.807) is 0 Å². The molecule has 170 valence electrons. The van der Waals surface area contributed by atoms with E-state index >= 15 is 0 Å². The fraction of sp³-hybridized carbons (Fsp3) is 0.333. The molecule has 1 fully saturated rings. The Bertz CT molecular complexity index is 1200. The van der Waals surface area contributed by atoms with Gasteiger partial charge in [-0.1, -0.05) is 54.1 Å². The van der Waals surface area contributed by atoms with Crippen LogP contribution in [0.15, 0.2) is 66.9 Å². The number of rotatable bonds is 7. The van der Waals surface area contributed by atoms with Gasteiger partial charge in [0, 0.05) is 48.9 Å². The monoisotopic (exact) mass is 459 g/mol. The maximum absolute atomic E-state index is 6.06. The minimum absolute atomic E-state index is 0.445. The average molecular weight is 460 g/mol. The number of nitrogens with one attached hydrogen (secondary N) is 1. The molecular formula is C27H30ClN5. The van der Waals surface area contributed by atoms with Crippen LogP contribution in [0.5, 0.6) is 0 Å². The highest BCUT2D eigenvalue weighted by Crippen LogP contribution is 2.29. The molecule has 6 heteroatoms. The minimum atomic E-state index is 0.445. The third-order valence-corrected chi connectivity index (χ3v) is 6.81. The molecule has 0 bridgehead atoms. The molecule has 0 radical (unpaired) electrons. The second-order valence-electron chi connectivity index (χ2n) is 8.96. The van der Waals surface area contributed by atoms with Gasteiger partial charge in [-0.05, 0) is 55.6 Å². The number of aryl methyl sites for hydroxylation is 1. The van der Waals surface area contributed by atoms with Gasteiger partial charge in [0.05, 0.1) is 11.4 Å². The zero-order valence-electron chi connectivity index (χ0n) is 19.0. The van der Waals surface area contributed by atoms with E-state index < -0.39 is 0 Å². The molecule has 1 N–H and O–H groups in total. The van der Waals surface area contributed by atoms with Crippen molar-refractivity contribution in [1.29, 1.82) is 0 Å². The maximum atomic E-state index is 6.06. The molecule has 0 saturated carbocycles. The first-order chi connectivity index (χ1) is 16.2. The predicted octanol–water partition coefficient (Wildman–Crippen LogP) is 5.36. The van der Waals surface area contributed by atoms with Gasteiger partial charge in [0.2, 0.25) is 0 Å². The van der Waals surface area contributed by atoms with Gasteiger partial charge >= 0.3 is 0 Å². The predicted molar refractivity (Wildman–Crippen MR) is 133 cm³/mol. The SMILES string of the molecule is Cc1nn2c(C3CCCN(Cc4ccc(Cl)cc4)C3)ccnc2c1CNCc1ccccc1. The van der Waals surface area contributed by atoms with Crippen molar-refractivity contribution < 1.29 is 0 Å². The lowest BCUT2D eigenvalue weighted by molar-refractivity contribution is 0.197. The minimum Gasteiger partial charge on any atom is -0.308 e. The lowest BCUT2D eigenvalue weighted by Gasteiger charge is -2.33. The van der Waals surface area contributed by atoms with E-state index in [4.69, 9.17) is 21.7 Å². The van der Waals surface area contributed by atoms with Crippen LogP contribution in [0.3, 0.4) is 0 Å². The van der Waals surface area contributed by atoms with Crippen LogP contribution in [-0.2, 0) is 19.6 Å². The van der Waals surface area contributed by atoms with Gasteiger partial charge < -0.3 is 5.32 Å². The van der Waals surface area contributed by atoms with Gasteiger partial charge in [-0.2, -0.15) is 5.10 Å². The first kappa shape index (κ1) is 22.1. The number of hydrogen-bond donors (Lipinski definition) is 1. The lowest BCUT2D eigenvalue weighted by Crippen LogP contribution is -2.34. The quantitative estimate of drug-likeness (QED) is 0.404. The second-order valence-corrected chi connectivity index (χ2v) is 9.40. The van der Waals surface area contributed by atoms with Crippen molar-refractivity contribution in [3.8, 4) is 0 Å². The molecule has 1 saturated heterocycles. The Morgan fingerprint density at radius 3 is 2.64 bits per heavy atom. The van der Waals surface area contributed by atoms with Crippen molar-refractivity contribution in [2.24, 2.45) is 0 Å². The van der Waals surface area contributed by atoms with E-state index in [-0.39, 0.29) is 0 Å². The molecule has 1 aliphatic rings. The lowest BCUT2D eigenvalue weighted by atomic mass is 9.94. The highest BCUT2D eigenvalue weighted by Gasteiger charge is 2.25. The van der Waals surface area contributed by atoms with Crippen molar-refractivity contribution in [2.75, 3.05) is 13.1 Å². The molecule has 1 unspecified atom stereocenters. The summed E-state index contributed by atoms with van der Waals surface area (Å²) in [5.74, 6) is 0.445. The largest absolute Gasteiger partial charge is 0.308 e. The van der Waals surface area contributed by atoms with Crippen LogP contribution >= 0.6 is 11.6 Å². The summed E-state index contributed by atoms with van der Waals surface area (Å²) in [5.41, 5.74) is 7.05. The van der Waals surface area contributed by atoms with E-state index in [1.807, 2.05) is 24.4 Å². The van der Waals surface area contributed by atoms with Gasteiger partial charge in [0.25, 0.3) is 0 Å². The summed E-state index contributed by atoms with van der Waals surface area (Å²) < 4.78 is 2.09. The normalized spacial score (nSPS) is 17.0. The molecule has 4 aromatic rings. The first-order valence-corrected chi connectivity index (χ1v) is 12.1. The Hall–Kier alpha value is -2.73. The number of likely N-dealkylation sites (tertiary alicyclic amines) is 1. The summed E-state index contributed by atoms with van der Waals surface area (Å²) in [4.78, 5) is 7.26. The fourth-order valence-corrected chi connectivity index (χ4v) is 4.97. The zero-order valence-corrected chi connectivity index (χ0v) is 19.8. The Kier molecular flexibility index (Phi) is 6.72. The van der Waals surface area contributed by atoms with Crippen molar-refractivity contribution in [1.82, 2.24) is 24.8 Å². The van der Waals surface area contributed by atoms with E-state index in [9.17, 15) is 0 Å². The Morgan fingerprint density at radius 2 is 1.82 bits per heavy atom. The summed E-state index contributed by atoms with van der Waals surface area (Å²) in [6, 6.07) is 20.8. The molecule has 5 rings (SSSR count). The smallest absolute Gasteiger partial charge is 0.159 e. The van der Waals surface area contributed by atoms with Gasteiger partial charge in [0.1, 0.15) is 0 Å². The van der Waals surface area contributed by atoms with Crippen LogP contribution in [-0.4, -0.2) is 32.6 Å². The summed E-state index contributed by atoms with van der Waals surface area (Å²) in [5, 5.41) is 9.27. The first-order valence-electron chi connectivity index (χ1n) is 11.7. The number of fused-ring (bicyclic) bond motifs is 1. The van der Waals surface area contributed by atoms with E-state index in [0.29, 0.717) is 5.92 Å². The topological polar surface area (TPSA) is 45.5 Å². The number of hydrogen-bond acceptors (Lipinski definition) is 4.